The zero-order valence-electron chi connectivity index (χ0n) is 10.9. The van der Waals surface area contributed by atoms with Crippen LogP contribution >= 0.6 is 0 Å². The van der Waals surface area contributed by atoms with Crippen LogP contribution in [-0.2, 0) is 4.74 Å². The van der Waals surface area contributed by atoms with Crippen molar-refractivity contribution >= 4 is 0 Å². The van der Waals surface area contributed by atoms with E-state index < -0.39 is 6.10 Å². The van der Waals surface area contributed by atoms with E-state index in [0.717, 1.165) is 17.7 Å². The number of aliphatic hydroxyl groups is 1. The number of nitrogens with zero attached hydrogens (tertiary/aromatic N) is 2. The topological polar surface area (TPSA) is 47.3 Å². The molecule has 0 saturated carbocycles. The summed E-state index contributed by atoms with van der Waals surface area (Å²) in [6.45, 7) is 0.975. The summed E-state index contributed by atoms with van der Waals surface area (Å²) in [5, 5.41) is 10.2. The highest BCUT2D eigenvalue weighted by Gasteiger charge is 2.40. The fraction of sp³-hybridized carbons (Fsp3) is 0.400. The van der Waals surface area contributed by atoms with E-state index in [1.165, 1.54) is 6.07 Å². The molecule has 2 aromatic rings. The lowest BCUT2D eigenvalue weighted by Gasteiger charge is -2.33. The Labute approximate surface area is 115 Å². The molecular weight excluding hydrogens is 259 g/mol. The fourth-order valence-electron chi connectivity index (χ4n) is 3.47. The summed E-state index contributed by atoms with van der Waals surface area (Å²) in [7, 11) is 0. The van der Waals surface area contributed by atoms with E-state index in [9.17, 15) is 9.50 Å². The maximum absolute atomic E-state index is 14.2. The van der Waals surface area contributed by atoms with Crippen molar-refractivity contribution < 1.29 is 14.2 Å². The number of benzene rings is 1. The summed E-state index contributed by atoms with van der Waals surface area (Å²) in [5.74, 6) is -0.201. The third kappa shape index (κ3) is 1.57. The van der Waals surface area contributed by atoms with Crippen LogP contribution in [0.2, 0.25) is 0 Å². The van der Waals surface area contributed by atoms with Gasteiger partial charge in [-0.1, -0.05) is 12.1 Å². The molecule has 4 nitrogen and oxygen atoms in total. The molecule has 104 valence electrons. The lowest BCUT2D eigenvalue weighted by atomic mass is 9.85. The highest BCUT2D eigenvalue weighted by molar-refractivity contribution is 5.69. The summed E-state index contributed by atoms with van der Waals surface area (Å²) >= 11 is 0. The monoisotopic (exact) mass is 274 g/mol. The molecule has 2 aliphatic heterocycles. The minimum atomic E-state index is -0.529. The first-order chi connectivity index (χ1) is 9.77. The van der Waals surface area contributed by atoms with Gasteiger partial charge in [0.1, 0.15) is 5.82 Å². The van der Waals surface area contributed by atoms with Gasteiger partial charge in [0.15, 0.2) is 0 Å². The smallest absolute Gasteiger partial charge is 0.132 e. The van der Waals surface area contributed by atoms with Crippen LogP contribution in [0.4, 0.5) is 4.39 Å². The molecule has 20 heavy (non-hydrogen) atoms. The van der Waals surface area contributed by atoms with Crippen molar-refractivity contribution in [1.29, 1.82) is 0 Å². The van der Waals surface area contributed by atoms with E-state index in [1.54, 1.807) is 18.6 Å². The van der Waals surface area contributed by atoms with Gasteiger partial charge in [-0.25, -0.2) is 9.37 Å². The number of imidazole rings is 1. The Morgan fingerprint density at radius 3 is 3.15 bits per heavy atom. The second-order valence-corrected chi connectivity index (χ2v) is 5.43. The minimum absolute atomic E-state index is 0.0275. The molecule has 2 unspecified atom stereocenters. The Morgan fingerprint density at radius 2 is 2.30 bits per heavy atom. The number of ether oxygens (including phenoxy) is 1. The van der Waals surface area contributed by atoms with Crippen LogP contribution in [0.25, 0.3) is 11.3 Å². The molecule has 1 fully saturated rings. The zero-order chi connectivity index (χ0) is 13.7. The first-order valence-corrected chi connectivity index (χ1v) is 6.84. The maximum atomic E-state index is 14.2. The van der Waals surface area contributed by atoms with E-state index in [2.05, 4.69) is 4.98 Å². The predicted molar refractivity (Wildman–Crippen MR) is 70.7 cm³/mol. The molecule has 0 bridgehead atoms. The quantitative estimate of drug-likeness (QED) is 0.865. The number of aromatic nitrogens is 2. The Morgan fingerprint density at radius 1 is 1.40 bits per heavy atom. The number of fused-ring (bicyclic) bond motifs is 3. The molecule has 2 aliphatic rings. The lowest BCUT2D eigenvalue weighted by molar-refractivity contribution is -0.0540. The molecule has 0 radical (unpaired) electrons. The molecule has 5 heteroatoms. The Hall–Kier alpha value is -1.72. The minimum Gasteiger partial charge on any atom is -0.390 e. The van der Waals surface area contributed by atoms with Gasteiger partial charge in [0.05, 0.1) is 37.0 Å². The number of halogens is 1. The van der Waals surface area contributed by atoms with Crippen LogP contribution in [0.15, 0.2) is 30.7 Å². The van der Waals surface area contributed by atoms with Gasteiger partial charge < -0.3 is 14.4 Å². The zero-order valence-corrected chi connectivity index (χ0v) is 10.9. The van der Waals surface area contributed by atoms with Gasteiger partial charge in [0.2, 0.25) is 0 Å². The lowest BCUT2D eigenvalue weighted by Crippen LogP contribution is -2.37. The van der Waals surface area contributed by atoms with E-state index in [4.69, 9.17) is 4.74 Å². The maximum Gasteiger partial charge on any atom is 0.132 e. The SMILES string of the molecule is OC1COCCC1[C@@H]1c2cccc(F)c2-c2cncn21. The van der Waals surface area contributed by atoms with Gasteiger partial charge in [-0.15, -0.1) is 0 Å². The first-order valence-electron chi connectivity index (χ1n) is 6.84. The van der Waals surface area contributed by atoms with Gasteiger partial charge in [0, 0.05) is 18.1 Å². The van der Waals surface area contributed by atoms with Crippen molar-refractivity contribution in [2.75, 3.05) is 13.2 Å². The third-order valence-electron chi connectivity index (χ3n) is 4.37. The summed E-state index contributed by atoms with van der Waals surface area (Å²) in [5.41, 5.74) is 2.35. The third-order valence-corrected chi connectivity index (χ3v) is 4.37. The molecule has 0 spiro atoms. The first kappa shape index (κ1) is 12.1. The average molecular weight is 274 g/mol. The summed E-state index contributed by atoms with van der Waals surface area (Å²) < 4.78 is 21.4. The summed E-state index contributed by atoms with van der Waals surface area (Å²) in [4.78, 5) is 4.14. The second-order valence-electron chi connectivity index (χ2n) is 5.43. The number of hydrogen-bond donors (Lipinski definition) is 1. The van der Waals surface area contributed by atoms with Crippen molar-refractivity contribution in [3.8, 4) is 11.3 Å². The molecule has 3 heterocycles. The fourth-order valence-corrected chi connectivity index (χ4v) is 3.47. The molecule has 4 rings (SSSR count). The normalized spacial score (nSPS) is 28.2. The van der Waals surface area contributed by atoms with Crippen LogP contribution in [0, 0.1) is 11.7 Å². The average Bonchev–Trinajstić information content (AvgIpc) is 3.00. The molecular formula is C15H15FN2O2. The Bertz CT molecular complexity index is 655. The van der Waals surface area contributed by atoms with Crippen LogP contribution < -0.4 is 0 Å². The number of aliphatic hydroxyl groups excluding tert-OH is 1. The van der Waals surface area contributed by atoms with Gasteiger partial charge >= 0.3 is 0 Å². The standard InChI is InChI=1S/C15H15FN2O2/c16-11-3-1-2-10-14(11)12-6-17-8-18(12)15(10)9-4-5-20-7-13(9)19/h1-3,6,8-9,13,15,19H,4-5,7H2/t9?,13?,15-/m1/s1. The van der Waals surface area contributed by atoms with E-state index in [1.807, 2.05) is 10.6 Å². The summed E-state index contributed by atoms with van der Waals surface area (Å²) in [6, 6.07) is 5.08. The van der Waals surface area contributed by atoms with Gasteiger partial charge in [-0.3, -0.25) is 0 Å². The molecule has 3 atom stereocenters. The van der Waals surface area contributed by atoms with Crippen LogP contribution in [0.5, 0.6) is 0 Å². The number of rotatable bonds is 1. The van der Waals surface area contributed by atoms with Crippen molar-refractivity contribution in [2.45, 2.75) is 18.6 Å². The largest absolute Gasteiger partial charge is 0.390 e. The van der Waals surface area contributed by atoms with Gasteiger partial charge in [0.25, 0.3) is 0 Å². The van der Waals surface area contributed by atoms with E-state index in [0.29, 0.717) is 18.8 Å². The van der Waals surface area contributed by atoms with Crippen molar-refractivity contribution in [3.05, 3.63) is 42.1 Å². The summed E-state index contributed by atoms with van der Waals surface area (Å²) in [6.07, 6.45) is 3.65. The van der Waals surface area contributed by atoms with Gasteiger partial charge in [-0.2, -0.15) is 0 Å². The Balaban J connectivity index is 1.87. The van der Waals surface area contributed by atoms with Crippen LogP contribution in [0.1, 0.15) is 18.0 Å². The Kier molecular flexibility index (Phi) is 2.65. The van der Waals surface area contributed by atoms with Crippen molar-refractivity contribution in [2.24, 2.45) is 5.92 Å². The molecule has 1 saturated heterocycles. The molecule has 0 aliphatic carbocycles. The van der Waals surface area contributed by atoms with Crippen molar-refractivity contribution in [1.82, 2.24) is 9.55 Å². The predicted octanol–water partition coefficient (Wildman–Crippen LogP) is 1.99. The highest BCUT2D eigenvalue weighted by Crippen LogP contribution is 2.46. The van der Waals surface area contributed by atoms with Crippen LogP contribution in [-0.4, -0.2) is 34.0 Å². The molecule has 1 aromatic carbocycles. The molecule has 1 aromatic heterocycles. The molecule has 0 amide bonds. The van der Waals surface area contributed by atoms with Crippen molar-refractivity contribution in [3.63, 3.8) is 0 Å². The molecule has 1 N–H and O–H groups in total. The van der Waals surface area contributed by atoms with Crippen LogP contribution in [0.3, 0.4) is 0 Å². The van der Waals surface area contributed by atoms with E-state index in [-0.39, 0.29) is 17.8 Å². The number of hydrogen-bond acceptors (Lipinski definition) is 3. The second kappa shape index (κ2) is 4.40. The van der Waals surface area contributed by atoms with E-state index >= 15 is 0 Å². The van der Waals surface area contributed by atoms with Gasteiger partial charge in [-0.05, 0) is 18.1 Å². The highest BCUT2D eigenvalue weighted by atomic mass is 19.1.